The summed E-state index contributed by atoms with van der Waals surface area (Å²) in [5, 5.41) is 16.9. The SMILES string of the molecule is C=CC(F)C(C(=C)C(=O)O)C(=O)O. The Hall–Kier alpha value is -1.65. The fraction of sp³-hybridized carbons (Fsp3) is 0.250. The first-order valence-electron chi connectivity index (χ1n) is 3.33. The Labute approximate surface area is 74.0 Å². The van der Waals surface area contributed by atoms with Crippen molar-refractivity contribution in [2.24, 2.45) is 5.92 Å². The highest BCUT2D eigenvalue weighted by molar-refractivity contribution is 5.93. The molecule has 2 N–H and O–H groups in total. The second-order valence-electron chi connectivity index (χ2n) is 2.33. The van der Waals surface area contributed by atoms with Crippen LogP contribution in [0.15, 0.2) is 24.8 Å². The number of carboxylic acid groups (broad SMARTS) is 2. The molecule has 0 aromatic rings. The minimum atomic E-state index is -1.94. The lowest BCUT2D eigenvalue weighted by molar-refractivity contribution is -0.145. The molecule has 5 heteroatoms. The Morgan fingerprint density at radius 3 is 2.08 bits per heavy atom. The molecule has 2 atom stereocenters. The van der Waals surface area contributed by atoms with Crippen molar-refractivity contribution in [2.75, 3.05) is 0 Å². The highest BCUT2D eigenvalue weighted by Gasteiger charge is 2.32. The van der Waals surface area contributed by atoms with Gasteiger partial charge in [-0.2, -0.15) is 0 Å². The molecule has 2 unspecified atom stereocenters. The van der Waals surface area contributed by atoms with Gasteiger partial charge in [-0.25, -0.2) is 9.18 Å². The second-order valence-corrected chi connectivity index (χ2v) is 2.33. The Morgan fingerprint density at radius 1 is 1.38 bits per heavy atom. The summed E-state index contributed by atoms with van der Waals surface area (Å²) in [4.78, 5) is 20.7. The molecular formula is C8H9FO4. The molecule has 0 aromatic heterocycles. The van der Waals surface area contributed by atoms with Gasteiger partial charge in [0.25, 0.3) is 0 Å². The van der Waals surface area contributed by atoms with Crippen LogP contribution in [0.1, 0.15) is 0 Å². The van der Waals surface area contributed by atoms with Gasteiger partial charge >= 0.3 is 11.9 Å². The van der Waals surface area contributed by atoms with E-state index in [1.54, 1.807) is 0 Å². The Morgan fingerprint density at radius 2 is 1.85 bits per heavy atom. The third kappa shape index (κ3) is 2.70. The molecule has 0 aromatic carbocycles. The van der Waals surface area contributed by atoms with Gasteiger partial charge in [0, 0.05) is 5.57 Å². The zero-order valence-corrected chi connectivity index (χ0v) is 6.74. The number of hydrogen-bond acceptors (Lipinski definition) is 2. The van der Waals surface area contributed by atoms with Gasteiger partial charge < -0.3 is 10.2 Å². The standard InChI is InChI=1S/C8H9FO4/c1-3-5(9)6(8(12)13)4(2)7(10)11/h3,5-6H,1-2H2,(H,10,11)(H,12,13). The molecule has 0 aliphatic rings. The molecule has 0 spiro atoms. The monoisotopic (exact) mass is 188 g/mol. The van der Waals surface area contributed by atoms with E-state index in [0.717, 1.165) is 6.08 Å². The molecule has 4 nitrogen and oxygen atoms in total. The summed E-state index contributed by atoms with van der Waals surface area (Å²) in [6.45, 7) is 6.01. The molecule has 72 valence electrons. The third-order valence-corrected chi connectivity index (χ3v) is 1.46. The van der Waals surface area contributed by atoms with Gasteiger partial charge in [0.15, 0.2) is 0 Å². The maximum atomic E-state index is 12.8. The zero-order chi connectivity index (χ0) is 10.6. The van der Waals surface area contributed by atoms with Crippen LogP contribution in [0.5, 0.6) is 0 Å². The summed E-state index contributed by atoms with van der Waals surface area (Å²) in [6, 6.07) is 0. The van der Waals surface area contributed by atoms with Crippen LogP contribution >= 0.6 is 0 Å². The number of rotatable bonds is 5. The number of hydrogen-bond donors (Lipinski definition) is 2. The molecule has 0 aliphatic carbocycles. The van der Waals surface area contributed by atoms with Crippen molar-refractivity contribution in [1.29, 1.82) is 0 Å². The quantitative estimate of drug-likeness (QED) is 0.495. The summed E-state index contributed by atoms with van der Waals surface area (Å²) >= 11 is 0. The Kier molecular flexibility index (Phi) is 3.84. The number of halogens is 1. The van der Waals surface area contributed by atoms with Crippen LogP contribution in [0, 0.1) is 5.92 Å². The average molecular weight is 188 g/mol. The Bertz CT molecular complexity index is 259. The lowest BCUT2D eigenvalue weighted by Gasteiger charge is -2.13. The number of aliphatic carboxylic acids is 2. The van der Waals surface area contributed by atoms with Crippen LogP contribution in [0.3, 0.4) is 0 Å². The van der Waals surface area contributed by atoms with Gasteiger partial charge in [-0.15, -0.1) is 6.58 Å². The van der Waals surface area contributed by atoms with Gasteiger partial charge in [-0.3, -0.25) is 4.79 Å². The molecule has 0 bridgehead atoms. The molecule has 0 fully saturated rings. The lowest BCUT2D eigenvalue weighted by atomic mass is 9.95. The maximum absolute atomic E-state index is 12.8. The van der Waals surface area contributed by atoms with Crippen molar-refractivity contribution in [3.05, 3.63) is 24.8 Å². The number of carbonyl (C=O) groups is 2. The van der Waals surface area contributed by atoms with Crippen LogP contribution in [-0.2, 0) is 9.59 Å². The summed E-state index contributed by atoms with van der Waals surface area (Å²) < 4.78 is 12.8. The van der Waals surface area contributed by atoms with Crippen LogP contribution in [0.4, 0.5) is 4.39 Å². The maximum Gasteiger partial charge on any atom is 0.331 e. The molecule has 0 radical (unpaired) electrons. The minimum Gasteiger partial charge on any atom is -0.481 e. The van der Waals surface area contributed by atoms with E-state index in [1.807, 2.05) is 0 Å². The molecular weight excluding hydrogens is 179 g/mol. The van der Waals surface area contributed by atoms with E-state index in [-0.39, 0.29) is 0 Å². The van der Waals surface area contributed by atoms with E-state index >= 15 is 0 Å². The van der Waals surface area contributed by atoms with Crippen molar-refractivity contribution in [2.45, 2.75) is 6.17 Å². The first kappa shape index (κ1) is 11.4. The largest absolute Gasteiger partial charge is 0.481 e. The average Bonchev–Trinajstić information content (AvgIpc) is 2.03. The molecule has 13 heavy (non-hydrogen) atoms. The first-order chi connectivity index (χ1) is 5.91. The molecule has 0 aliphatic heterocycles. The fourth-order valence-electron chi connectivity index (χ4n) is 0.747. The molecule has 0 amide bonds. The topological polar surface area (TPSA) is 74.6 Å². The van der Waals surface area contributed by atoms with E-state index in [0.29, 0.717) is 0 Å². The first-order valence-corrected chi connectivity index (χ1v) is 3.33. The van der Waals surface area contributed by atoms with Crippen LogP contribution in [-0.4, -0.2) is 28.3 Å². The number of carboxylic acids is 2. The van der Waals surface area contributed by atoms with Crippen molar-refractivity contribution < 1.29 is 24.2 Å². The zero-order valence-electron chi connectivity index (χ0n) is 6.74. The van der Waals surface area contributed by atoms with Gasteiger partial charge in [0.05, 0.1) is 0 Å². The molecule has 0 saturated carbocycles. The highest BCUT2D eigenvalue weighted by atomic mass is 19.1. The van der Waals surface area contributed by atoms with E-state index in [2.05, 4.69) is 13.2 Å². The summed E-state index contributed by atoms with van der Waals surface area (Å²) in [7, 11) is 0. The normalized spacial score (nSPS) is 14.2. The minimum absolute atomic E-state index is 0.695. The molecule has 0 heterocycles. The van der Waals surface area contributed by atoms with Gasteiger partial charge in [-0.1, -0.05) is 12.7 Å². The van der Waals surface area contributed by atoms with Crippen molar-refractivity contribution >= 4 is 11.9 Å². The third-order valence-electron chi connectivity index (χ3n) is 1.46. The van der Waals surface area contributed by atoms with Crippen molar-refractivity contribution in [3.63, 3.8) is 0 Å². The lowest BCUT2D eigenvalue weighted by Crippen LogP contribution is -2.28. The van der Waals surface area contributed by atoms with Crippen LogP contribution in [0.25, 0.3) is 0 Å². The van der Waals surface area contributed by atoms with Gasteiger partial charge in [0.2, 0.25) is 0 Å². The predicted molar refractivity (Wildman–Crippen MR) is 43.0 cm³/mol. The van der Waals surface area contributed by atoms with Crippen LogP contribution < -0.4 is 0 Å². The second kappa shape index (κ2) is 4.39. The van der Waals surface area contributed by atoms with Crippen molar-refractivity contribution in [3.8, 4) is 0 Å². The number of alkyl halides is 1. The van der Waals surface area contributed by atoms with E-state index in [4.69, 9.17) is 10.2 Å². The Balaban J connectivity index is 4.81. The van der Waals surface area contributed by atoms with Gasteiger partial charge in [0.1, 0.15) is 12.1 Å². The van der Waals surface area contributed by atoms with E-state index < -0.39 is 29.6 Å². The summed E-state index contributed by atoms with van der Waals surface area (Å²) in [5.74, 6) is -4.87. The predicted octanol–water partition coefficient (Wildman–Crippen LogP) is 0.852. The van der Waals surface area contributed by atoms with Crippen LogP contribution in [0.2, 0.25) is 0 Å². The van der Waals surface area contributed by atoms with E-state index in [1.165, 1.54) is 0 Å². The smallest absolute Gasteiger partial charge is 0.331 e. The summed E-state index contributed by atoms with van der Waals surface area (Å²) in [6.07, 6.45) is -1.21. The highest BCUT2D eigenvalue weighted by Crippen LogP contribution is 2.18. The van der Waals surface area contributed by atoms with E-state index in [9.17, 15) is 14.0 Å². The fourth-order valence-corrected chi connectivity index (χ4v) is 0.747. The number of allylic oxidation sites excluding steroid dienone is 1. The van der Waals surface area contributed by atoms with Gasteiger partial charge in [-0.05, 0) is 0 Å². The van der Waals surface area contributed by atoms with Crippen molar-refractivity contribution in [1.82, 2.24) is 0 Å². The molecule has 0 saturated heterocycles. The summed E-state index contributed by atoms with van der Waals surface area (Å²) in [5.41, 5.74) is -0.695. The molecule has 0 rings (SSSR count).